The van der Waals surface area contributed by atoms with Gasteiger partial charge in [0, 0.05) is 24.6 Å². The molecule has 1 aliphatic rings. The number of amides is 1. The molecule has 1 aromatic rings. The van der Waals surface area contributed by atoms with Crippen LogP contribution in [0.5, 0.6) is 0 Å². The third-order valence-corrected chi connectivity index (χ3v) is 4.22. The molecule has 1 N–H and O–H groups in total. The molecule has 4 heteroatoms. The van der Waals surface area contributed by atoms with Gasteiger partial charge in [-0.15, -0.1) is 0 Å². The van der Waals surface area contributed by atoms with E-state index in [0.717, 1.165) is 16.7 Å². The van der Waals surface area contributed by atoms with Gasteiger partial charge < -0.3 is 10.0 Å². The minimum atomic E-state index is -1.13. The van der Waals surface area contributed by atoms with Gasteiger partial charge in [-0.2, -0.15) is 0 Å². The summed E-state index contributed by atoms with van der Waals surface area (Å²) in [6.45, 7) is 7.27. The van der Waals surface area contributed by atoms with E-state index in [4.69, 9.17) is 0 Å². The molecule has 0 fully saturated rings. The Labute approximate surface area is 119 Å². The summed E-state index contributed by atoms with van der Waals surface area (Å²) in [7, 11) is 0. The molecule has 1 aromatic carbocycles. The maximum atomic E-state index is 13.1. The zero-order valence-electron chi connectivity index (χ0n) is 12.5. The molecule has 0 bridgehead atoms. The number of hydrogen-bond acceptors (Lipinski definition) is 2. The van der Waals surface area contributed by atoms with E-state index in [9.17, 15) is 14.3 Å². The molecule has 0 aliphatic carbocycles. The number of nitrogens with zero attached hydrogens (tertiary/aromatic N) is 1. The zero-order chi connectivity index (χ0) is 15.1. The Balaban J connectivity index is 2.21. The topological polar surface area (TPSA) is 40.5 Å². The van der Waals surface area contributed by atoms with Crippen molar-refractivity contribution in [1.29, 1.82) is 0 Å². The number of hydrogen-bond donors (Lipinski definition) is 1. The predicted octanol–water partition coefficient (Wildman–Crippen LogP) is 2.62. The molecule has 20 heavy (non-hydrogen) atoms. The summed E-state index contributed by atoms with van der Waals surface area (Å²) < 4.78 is 13.1. The van der Waals surface area contributed by atoms with Crippen molar-refractivity contribution in [2.75, 3.05) is 13.2 Å². The normalized spacial score (nSPS) is 16.5. The van der Waals surface area contributed by atoms with Crippen LogP contribution in [0.4, 0.5) is 4.39 Å². The van der Waals surface area contributed by atoms with Crippen LogP contribution in [-0.4, -0.2) is 34.7 Å². The van der Waals surface area contributed by atoms with Crippen molar-refractivity contribution < 1.29 is 14.3 Å². The molecule has 3 nitrogen and oxygen atoms in total. The number of fused-ring (bicyclic) bond motifs is 1. The number of benzene rings is 1. The maximum absolute atomic E-state index is 13.1. The molecule has 1 unspecified atom stereocenters. The smallest absolute Gasteiger partial charge is 0.254 e. The molecule has 0 radical (unpaired) electrons. The third-order valence-electron chi connectivity index (χ3n) is 4.22. The lowest BCUT2D eigenvalue weighted by molar-refractivity contribution is -0.00741. The number of carbonyl (C=O) groups excluding carboxylic acids is 1. The molecule has 0 aromatic heterocycles. The van der Waals surface area contributed by atoms with Gasteiger partial charge in [0.1, 0.15) is 0 Å². The quantitative estimate of drug-likeness (QED) is 0.920. The molecular formula is C16H22FNO2. The van der Waals surface area contributed by atoms with Crippen LogP contribution < -0.4 is 0 Å². The summed E-state index contributed by atoms with van der Waals surface area (Å²) in [6, 6.07) is 3.93. The van der Waals surface area contributed by atoms with E-state index in [0.29, 0.717) is 12.1 Å². The van der Waals surface area contributed by atoms with Gasteiger partial charge >= 0.3 is 0 Å². The molecule has 110 valence electrons. The lowest BCUT2D eigenvalue weighted by atomic mass is 9.92. The lowest BCUT2D eigenvalue weighted by Gasteiger charge is -2.30. The summed E-state index contributed by atoms with van der Waals surface area (Å²) in [5.41, 5.74) is 2.81. The van der Waals surface area contributed by atoms with Gasteiger partial charge in [0.25, 0.3) is 5.91 Å². The van der Waals surface area contributed by atoms with Crippen LogP contribution >= 0.6 is 0 Å². The number of rotatable bonds is 4. The largest absolute Gasteiger partial charge is 0.390 e. The van der Waals surface area contributed by atoms with Crippen molar-refractivity contribution in [2.45, 2.75) is 39.8 Å². The van der Waals surface area contributed by atoms with Crippen LogP contribution in [0.3, 0.4) is 0 Å². The zero-order valence-corrected chi connectivity index (χ0v) is 12.5. The van der Waals surface area contributed by atoms with Gasteiger partial charge in [-0.05, 0) is 50.5 Å². The number of aliphatic hydroxyl groups is 1. The highest BCUT2D eigenvalue weighted by molar-refractivity contribution is 5.98. The number of alkyl halides is 1. The Bertz CT molecular complexity index is 534. The highest BCUT2D eigenvalue weighted by Crippen LogP contribution is 2.28. The first-order valence-corrected chi connectivity index (χ1v) is 6.91. The molecule has 0 saturated heterocycles. The minimum absolute atomic E-state index is 0.0641. The van der Waals surface area contributed by atoms with E-state index in [2.05, 4.69) is 0 Å². The highest BCUT2D eigenvalue weighted by Gasteiger charge is 2.34. The van der Waals surface area contributed by atoms with Crippen molar-refractivity contribution >= 4 is 5.91 Å². The fourth-order valence-corrected chi connectivity index (χ4v) is 2.53. The average molecular weight is 279 g/mol. The summed E-state index contributed by atoms with van der Waals surface area (Å²) in [4.78, 5) is 14.0. The third kappa shape index (κ3) is 2.70. The summed E-state index contributed by atoms with van der Waals surface area (Å²) in [5.74, 6) is -0.631. The van der Waals surface area contributed by atoms with Gasteiger partial charge in [-0.3, -0.25) is 9.18 Å². The van der Waals surface area contributed by atoms with Gasteiger partial charge in [-0.1, -0.05) is 6.07 Å². The molecule has 1 amide bonds. The number of aryl methyl sites for hydroxylation is 2. The molecule has 2 rings (SSSR count). The lowest BCUT2D eigenvalue weighted by Crippen LogP contribution is -2.41. The fraction of sp³-hybridized carbons (Fsp3) is 0.562. The Morgan fingerprint density at radius 3 is 2.50 bits per heavy atom. The molecule has 1 atom stereocenters. The average Bonchev–Trinajstić information content (AvgIpc) is 2.63. The predicted molar refractivity (Wildman–Crippen MR) is 76.4 cm³/mol. The Morgan fingerprint density at radius 1 is 1.35 bits per heavy atom. The first-order valence-electron chi connectivity index (χ1n) is 6.91. The highest BCUT2D eigenvalue weighted by atomic mass is 19.1. The minimum Gasteiger partial charge on any atom is -0.390 e. The number of carbonyl (C=O) groups is 1. The van der Waals surface area contributed by atoms with E-state index < -0.39 is 18.2 Å². The van der Waals surface area contributed by atoms with Crippen molar-refractivity contribution in [1.82, 2.24) is 4.90 Å². The molecular weight excluding hydrogens is 257 g/mol. The first-order chi connectivity index (χ1) is 9.24. The fourth-order valence-electron chi connectivity index (χ4n) is 2.53. The maximum Gasteiger partial charge on any atom is 0.254 e. The second-order valence-corrected chi connectivity index (χ2v) is 6.28. The van der Waals surface area contributed by atoms with Gasteiger partial charge in [-0.25, -0.2) is 0 Å². The molecule has 0 saturated carbocycles. The monoisotopic (exact) mass is 279 g/mol. The Hall–Kier alpha value is -1.42. The summed E-state index contributed by atoms with van der Waals surface area (Å²) in [6.07, 6.45) is 0. The first kappa shape index (κ1) is 15.0. The van der Waals surface area contributed by atoms with Gasteiger partial charge in [0.05, 0.1) is 12.3 Å². The van der Waals surface area contributed by atoms with Crippen LogP contribution in [0, 0.1) is 19.8 Å². The Morgan fingerprint density at radius 2 is 1.95 bits per heavy atom. The molecule has 1 aliphatic heterocycles. The van der Waals surface area contributed by atoms with E-state index in [1.165, 1.54) is 0 Å². The van der Waals surface area contributed by atoms with Crippen molar-refractivity contribution in [3.63, 3.8) is 0 Å². The van der Waals surface area contributed by atoms with Crippen molar-refractivity contribution in [2.24, 2.45) is 5.92 Å². The second-order valence-electron chi connectivity index (χ2n) is 6.28. The summed E-state index contributed by atoms with van der Waals surface area (Å²) in [5, 5.41) is 9.95. The molecule has 1 heterocycles. The van der Waals surface area contributed by atoms with Gasteiger partial charge in [0.2, 0.25) is 0 Å². The number of halogens is 1. The summed E-state index contributed by atoms with van der Waals surface area (Å²) >= 11 is 0. The van der Waals surface area contributed by atoms with Crippen LogP contribution in [0.25, 0.3) is 0 Å². The van der Waals surface area contributed by atoms with E-state index in [1.807, 2.05) is 26.0 Å². The van der Waals surface area contributed by atoms with Crippen molar-refractivity contribution in [3.8, 4) is 0 Å². The van der Waals surface area contributed by atoms with E-state index in [1.54, 1.807) is 18.7 Å². The van der Waals surface area contributed by atoms with Crippen LogP contribution in [0.1, 0.15) is 40.9 Å². The van der Waals surface area contributed by atoms with Crippen LogP contribution in [0.15, 0.2) is 12.1 Å². The SMILES string of the molecule is Cc1cc2c(cc1C)C(=O)N(CC(CF)C(C)(C)O)C2. The second kappa shape index (κ2) is 5.17. The Kier molecular flexibility index (Phi) is 3.87. The van der Waals surface area contributed by atoms with Crippen LogP contribution in [0.2, 0.25) is 0 Å². The van der Waals surface area contributed by atoms with E-state index in [-0.39, 0.29) is 12.5 Å². The molecule has 0 spiro atoms. The van der Waals surface area contributed by atoms with Gasteiger partial charge in [0.15, 0.2) is 0 Å². The van der Waals surface area contributed by atoms with E-state index >= 15 is 0 Å². The standard InChI is InChI=1S/C16H22FNO2/c1-10-5-12-8-18(9-13(7-17)16(3,4)20)15(19)14(12)6-11(10)2/h5-6,13,20H,7-9H2,1-4H3. The van der Waals surface area contributed by atoms with Crippen LogP contribution in [-0.2, 0) is 6.54 Å². The van der Waals surface area contributed by atoms with Crippen molar-refractivity contribution in [3.05, 3.63) is 34.4 Å².